The number of hydrogen-bond acceptors (Lipinski definition) is 3. The highest BCUT2D eigenvalue weighted by molar-refractivity contribution is 6.34. The van der Waals surface area contributed by atoms with E-state index in [4.69, 9.17) is 0 Å². The van der Waals surface area contributed by atoms with Crippen molar-refractivity contribution in [2.45, 2.75) is 26.7 Å². The molecule has 3 aliphatic rings. The molecule has 174 valence electrons. The van der Waals surface area contributed by atoms with E-state index in [9.17, 15) is 14.4 Å². The molecule has 3 aromatic rings. The molecular weight excluding hydrogens is 434 g/mol. The second-order valence-corrected chi connectivity index (χ2v) is 9.76. The molecule has 0 unspecified atom stereocenters. The maximum Gasteiger partial charge on any atom is 0.239 e. The standard InChI is InChI=1S/C31H27NO3/c1-3-30-23(20-14-8-5-9-15-20)24(21-16-10-6-11-17-21)31(4-2,29(30)35)26-25(30)27(33)32(28(26)34)22-18-12-7-13-19-22/h5-19,25-26H,3-4H2,1-2H3/t25-,26+,30-,31-/m0/s1. The fraction of sp³-hybridized carbons (Fsp3) is 0.258. The number of para-hydroxylation sites is 1. The zero-order chi connectivity index (χ0) is 24.4. The maximum atomic E-state index is 14.6. The summed E-state index contributed by atoms with van der Waals surface area (Å²) in [6.07, 6.45) is 0.938. The average Bonchev–Trinajstić information content (AvgIpc) is 3.41. The second kappa shape index (κ2) is 7.61. The molecule has 0 radical (unpaired) electrons. The van der Waals surface area contributed by atoms with Crippen LogP contribution < -0.4 is 4.90 Å². The van der Waals surface area contributed by atoms with E-state index in [0.29, 0.717) is 18.5 Å². The van der Waals surface area contributed by atoms with Gasteiger partial charge in [0.05, 0.1) is 28.4 Å². The number of rotatable bonds is 5. The lowest BCUT2D eigenvalue weighted by atomic mass is 9.60. The molecule has 4 heteroatoms. The minimum absolute atomic E-state index is 0.0390. The molecule has 0 aromatic heterocycles. The number of hydrogen-bond donors (Lipinski definition) is 0. The zero-order valence-corrected chi connectivity index (χ0v) is 19.9. The number of fused-ring (bicyclic) bond motifs is 5. The van der Waals surface area contributed by atoms with Crippen molar-refractivity contribution in [3.8, 4) is 0 Å². The molecule has 1 heterocycles. The number of Topliss-reactive ketones (excluding diaryl/α,β-unsaturated/α-hetero) is 1. The highest BCUT2D eigenvalue weighted by Crippen LogP contribution is 2.75. The number of carbonyl (C=O) groups excluding carboxylic acids is 3. The third kappa shape index (κ3) is 2.49. The summed E-state index contributed by atoms with van der Waals surface area (Å²) < 4.78 is 0. The fourth-order valence-electron chi connectivity index (χ4n) is 7.29. The molecule has 1 saturated carbocycles. The summed E-state index contributed by atoms with van der Waals surface area (Å²) in [5, 5.41) is 0. The number of nitrogens with zero attached hydrogens (tertiary/aromatic N) is 1. The SMILES string of the molecule is CC[C@]12C(=O)[C@@](CC)(C(c3ccccc3)=C1c1ccccc1)[C@H]1C(=O)N(c3ccccc3)C(=O)[C@H]12. The first-order valence-electron chi connectivity index (χ1n) is 12.4. The van der Waals surface area contributed by atoms with E-state index in [1.165, 1.54) is 4.90 Å². The van der Waals surface area contributed by atoms with Gasteiger partial charge in [-0.3, -0.25) is 14.4 Å². The van der Waals surface area contributed by atoms with E-state index < -0.39 is 22.7 Å². The summed E-state index contributed by atoms with van der Waals surface area (Å²) in [6.45, 7) is 3.97. The van der Waals surface area contributed by atoms with Crippen LogP contribution in [0.2, 0.25) is 0 Å². The second-order valence-electron chi connectivity index (χ2n) is 9.76. The van der Waals surface area contributed by atoms with Gasteiger partial charge in [0, 0.05) is 0 Å². The van der Waals surface area contributed by atoms with Crippen LogP contribution in [0.5, 0.6) is 0 Å². The lowest BCUT2D eigenvalue weighted by Gasteiger charge is -2.38. The average molecular weight is 462 g/mol. The molecule has 3 aromatic carbocycles. The summed E-state index contributed by atoms with van der Waals surface area (Å²) >= 11 is 0. The van der Waals surface area contributed by atoms with Crippen LogP contribution in [0, 0.1) is 22.7 Å². The minimum Gasteiger partial charge on any atom is -0.298 e. The molecule has 0 spiro atoms. The normalized spacial score (nSPS) is 29.3. The third-order valence-corrected chi connectivity index (χ3v) is 8.58. The van der Waals surface area contributed by atoms with E-state index in [1.54, 1.807) is 12.1 Å². The van der Waals surface area contributed by atoms with Gasteiger partial charge in [0.15, 0.2) is 5.78 Å². The van der Waals surface area contributed by atoms with E-state index >= 15 is 0 Å². The number of allylic oxidation sites excluding steroid dienone is 2. The van der Waals surface area contributed by atoms with Crippen LogP contribution in [0.25, 0.3) is 11.1 Å². The smallest absolute Gasteiger partial charge is 0.239 e. The van der Waals surface area contributed by atoms with Gasteiger partial charge in [0.25, 0.3) is 0 Å². The Bertz CT molecular complexity index is 1290. The van der Waals surface area contributed by atoms with Crippen LogP contribution >= 0.6 is 0 Å². The van der Waals surface area contributed by atoms with Crippen LogP contribution in [0.1, 0.15) is 37.8 Å². The van der Waals surface area contributed by atoms with E-state index in [1.807, 2.05) is 92.7 Å². The number of amides is 2. The van der Waals surface area contributed by atoms with Crippen molar-refractivity contribution < 1.29 is 14.4 Å². The van der Waals surface area contributed by atoms with Crippen LogP contribution in [0.15, 0.2) is 91.0 Å². The Labute approximate surface area is 205 Å². The van der Waals surface area contributed by atoms with Crippen LogP contribution in [-0.4, -0.2) is 17.6 Å². The molecule has 4 atom stereocenters. The van der Waals surface area contributed by atoms with E-state index in [-0.39, 0.29) is 17.6 Å². The Balaban J connectivity index is 1.69. The summed E-state index contributed by atoms with van der Waals surface area (Å²) in [7, 11) is 0. The highest BCUT2D eigenvalue weighted by atomic mass is 16.2. The Morgan fingerprint density at radius 2 is 0.971 bits per heavy atom. The largest absolute Gasteiger partial charge is 0.298 e. The summed E-state index contributed by atoms with van der Waals surface area (Å²) in [4.78, 5) is 44.2. The molecular formula is C31H27NO3. The Hall–Kier alpha value is -3.79. The Morgan fingerprint density at radius 1 is 0.600 bits per heavy atom. The van der Waals surface area contributed by atoms with Gasteiger partial charge in [0.2, 0.25) is 11.8 Å². The molecule has 2 bridgehead atoms. The first-order chi connectivity index (χ1) is 17.0. The molecule has 2 amide bonds. The first kappa shape index (κ1) is 21.7. The minimum atomic E-state index is -1.04. The number of ketones is 1. The topological polar surface area (TPSA) is 54.5 Å². The molecule has 35 heavy (non-hydrogen) atoms. The lowest BCUT2D eigenvalue weighted by molar-refractivity contribution is -0.134. The summed E-state index contributed by atoms with van der Waals surface area (Å²) in [5.74, 6) is -1.86. The summed E-state index contributed by atoms with van der Waals surface area (Å²) in [6, 6.07) is 29.0. The van der Waals surface area contributed by atoms with Gasteiger partial charge < -0.3 is 0 Å². The van der Waals surface area contributed by atoms with Gasteiger partial charge in [-0.15, -0.1) is 0 Å². The lowest BCUT2D eigenvalue weighted by Crippen LogP contribution is -2.41. The molecule has 0 N–H and O–H groups in total. The van der Waals surface area contributed by atoms with Crippen LogP contribution in [-0.2, 0) is 14.4 Å². The predicted molar refractivity (Wildman–Crippen MR) is 136 cm³/mol. The summed E-state index contributed by atoms with van der Waals surface area (Å²) in [5.41, 5.74) is 2.26. The Morgan fingerprint density at radius 3 is 1.34 bits per heavy atom. The van der Waals surface area contributed by atoms with E-state index in [2.05, 4.69) is 0 Å². The van der Waals surface area contributed by atoms with Crippen LogP contribution in [0.3, 0.4) is 0 Å². The van der Waals surface area contributed by atoms with Crippen molar-refractivity contribution >= 4 is 34.4 Å². The van der Waals surface area contributed by atoms with Crippen molar-refractivity contribution in [3.05, 3.63) is 102 Å². The number of imide groups is 1. The third-order valence-electron chi connectivity index (χ3n) is 8.58. The van der Waals surface area contributed by atoms with Gasteiger partial charge in [-0.2, -0.15) is 0 Å². The molecule has 1 saturated heterocycles. The fourth-order valence-corrected chi connectivity index (χ4v) is 7.29. The van der Waals surface area contributed by atoms with E-state index in [0.717, 1.165) is 22.3 Å². The van der Waals surface area contributed by atoms with Gasteiger partial charge in [-0.25, -0.2) is 4.90 Å². The first-order valence-corrected chi connectivity index (χ1v) is 12.4. The number of carbonyl (C=O) groups is 3. The van der Waals surface area contributed by atoms with Crippen LogP contribution in [0.4, 0.5) is 5.69 Å². The van der Waals surface area contributed by atoms with Gasteiger partial charge in [-0.1, -0.05) is 92.7 Å². The van der Waals surface area contributed by atoms with Gasteiger partial charge >= 0.3 is 0 Å². The molecule has 2 aliphatic carbocycles. The molecule has 6 rings (SSSR count). The van der Waals surface area contributed by atoms with Crippen molar-refractivity contribution in [2.75, 3.05) is 4.90 Å². The van der Waals surface area contributed by atoms with Gasteiger partial charge in [0.1, 0.15) is 0 Å². The molecule has 2 fully saturated rings. The predicted octanol–water partition coefficient (Wildman–Crippen LogP) is 5.79. The quantitative estimate of drug-likeness (QED) is 0.452. The molecule has 4 nitrogen and oxygen atoms in total. The monoisotopic (exact) mass is 461 g/mol. The zero-order valence-electron chi connectivity index (χ0n) is 19.9. The maximum absolute atomic E-state index is 14.6. The number of benzene rings is 3. The van der Waals surface area contributed by atoms with Crippen molar-refractivity contribution in [3.63, 3.8) is 0 Å². The number of anilines is 1. The van der Waals surface area contributed by atoms with Crippen molar-refractivity contribution in [1.82, 2.24) is 0 Å². The van der Waals surface area contributed by atoms with Crippen molar-refractivity contribution in [2.24, 2.45) is 22.7 Å². The van der Waals surface area contributed by atoms with Gasteiger partial charge in [-0.05, 0) is 47.2 Å². The Kier molecular flexibility index (Phi) is 4.72. The molecule has 1 aliphatic heterocycles. The highest BCUT2D eigenvalue weighted by Gasteiger charge is 2.80. The van der Waals surface area contributed by atoms with Crippen molar-refractivity contribution in [1.29, 1.82) is 0 Å².